The highest BCUT2D eigenvalue weighted by Gasteiger charge is 2.23. The molecule has 1 heterocycles. The molecule has 0 aliphatic carbocycles. The molecule has 30 heavy (non-hydrogen) atoms. The maximum absolute atomic E-state index is 12.6. The molecule has 0 saturated carbocycles. The summed E-state index contributed by atoms with van der Waals surface area (Å²) < 4.78 is 5.93. The number of likely N-dealkylation sites (tertiary alicyclic amines) is 1. The van der Waals surface area contributed by atoms with Gasteiger partial charge in [0, 0.05) is 24.7 Å². The van der Waals surface area contributed by atoms with Crippen LogP contribution in [0.5, 0.6) is 5.75 Å². The molecule has 5 nitrogen and oxygen atoms in total. The Morgan fingerprint density at radius 2 is 1.67 bits per heavy atom. The van der Waals surface area contributed by atoms with Crippen molar-refractivity contribution in [2.75, 3.05) is 19.7 Å². The van der Waals surface area contributed by atoms with Crippen molar-refractivity contribution in [3.63, 3.8) is 0 Å². The van der Waals surface area contributed by atoms with Crippen LogP contribution in [0.1, 0.15) is 48.2 Å². The lowest BCUT2D eigenvalue weighted by Gasteiger charge is -2.32. The molecule has 1 aliphatic rings. The van der Waals surface area contributed by atoms with Gasteiger partial charge in [0.25, 0.3) is 5.91 Å². The van der Waals surface area contributed by atoms with Gasteiger partial charge in [-0.25, -0.2) is 0 Å². The Hall–Kier alpha value is -2.82. The van der Waals surface area contributed by atoms with Gasteiger partial charge in [-0.3, -0.25) is 9.59 Å². The van der Waals surface area contributed by atoms with E-state index in [4.69, 9.17) is 4.74 Å². The van der Waals surface area contributed by atoms with Gasteiger partial charge in [0.05, 0.1) is 13.0 Å². The van der Waals surface area contributed by atoms with Crippen LogP contribution in [0.2, 0.25) is 0 Å². The van der Waals surface area contributed by atoms with Crippen molar-refractivity contribution in [3.05, 3.63) is 65.2 Å². The fourth-order valence-corrected chi connectivity index (χ4v) is 3.60. The van der Waals surface area contributed by atoms with E-state index in [1.54, 1.807) is 12.1 Å². The topological polar surface area (TPSA) is 58.6 Å². The number of hydrogen-bond acceptors (Lipinski definition) is 3. The zero-order chi connectivity index (χ0) is 21.5. The zero-order valence-electron chi connectivity index (χ0n) is 18.2. The fraction of sp³-hybridized carbons (Fsp3) is 0.440. The summed E-state index contributed by atoms with van der Waals surface area (Å²) >= 11 is 0. The molecule has 5 heteroatoms. The van der Waals surface area contributed by atoms with E-state index in [0.717, 1.165) is 37.2 Å². The number of ether oxygens (including phenoxy) is 1. The van der Waals surface area contributed by atoms with Gasteiger partial charge in [0.15, 0.2) is 0 Å². The summed E-state index contributed by atoms with van der Waals surface area (Å²) in [4.78, 5) is 26.5. The van der Waals surface area contributed by atoms with Crippen LogP contribution >= 0.6 is 0 Å². The number of carbonyl (C=O) groups excluding carboxylic acids is 2. The van der Waals surface area contributed by atoms with E-state index in [9.17, 15) is 9.59 Å². The molecule has 2 aromatic carbocycles. The number of nitrogens with one attached hydrogen (secondary N) is 1. The minimum atomic E-state index is -0.0702. The molecule has 1 N–H and O–H groups in total. The van der Waals surface area contributed by atoms with Gasteiger partial charge < -0.3 is 15.0 Å². The van der Waals surface area contributed by atoms with Crippen molar-refractivity contribution in [2.45, 2.75) is 46.1 Å². The van der Waals surface area contributed by atoms with Gasteiger partial charge in [-0.05, 0) is 69.4 Å². The van der Waals surface area contributed by atoms with E-state index in [2.05, 4.69) is 24.4 Å². The number of hydrogen-bond donors (Lipinski definition) is 1. The Morgan fingerprint density at radius 3 is 2.27 bits per heavy atom. The third-order valence-electron chi connectivity index (χ3n) is 5.47. The summed E-state index contributed by atoms with van der Waals surface area (Å²) in [5, 5.41) is 2.88. The van der Waals surface area contributed by atoms with Crippen LogP contribution < -0.4 is 10.1 Å². The standard InChI is InChI=1S/C25H32N2O3/c1-18(2)26-25(29)22-8-10-23(11-9-22)30-17-21-12-14-27(15-13-21)24(28)16-20-6-4-19(3)5-7-20/h4-11,18,21H,12-17H2,1-3H3,(H,26,29). The maximum atomic E-state index is 12.6. The summed E-state index contributed by atoms with van der Waals surface area (Å²) in [6, 6.07) is 15.6. The largest absolute Gasteiger partial charge is 0.493 e. The van der Waals surface area contributed by atoms with Crippen LogP contribution in [0.15, 0.2) is 48.5 Å². The van der Waals surface area contributed by atoms with E-state index in [-0.39, 0.29) is 17.9 Å². The lowest BCUT2D eigenvalue weighted by molar-refractivity contribution is -0.132. The molecule has 2 amide bonds. The molecule has 1 fully saturated rings. The SMILES string of the molecule is Cc1ccc(CC(=O)N2CCC(COc3ccc(C(=O)NC(C)C)cc3)CC2)cc1. The lowest BCUT2D eigenvalue weighted by atomic mass is 9.97. The van der Waals surface area contributed by atoms with E-state index in [1.165, 1.54) is 5.56 Å². The summed E-state index contributed by atoms with van der Waals surface area (Å²) in [5.74, 6) is 1.35. The number of nitrogens with zero attached hydrogens (tertiary/aromatic N) is 1. The molecular formula is C25H32N2O3. The summed E-state index contributed by atoms with van der Waals surface area (Å²) in [6.07, 6.45) is 2.38. The molecule has 1 saturated heterocycles. The first-order chi connectivity index (χ1) is 14.4. The van der Waals surface area contributed by atoms with Gasteiger partial charge in [-0.1, -0.05) is 29.8 Å². The Morgan fingerprint density at radius 1 is 1.03 bits per heavy atom. The van der Waals surface area contributed by atoms with Gasteiger partial charge in [-0.15, -0.1) is 0 Å². The highest BCUT2D eigenvalue weighted by molar-refractivity contribution is 5.94. The Kier molecular flexibility index (Phi) is 7.50. The van der Waals surface area contributed by atoms with Crippen LogP contribution in [-0.2, 0) is 11.2 Å². The fourth-order valence-electron chi connectivity index (χ4n) is 3.60. The summed E-state index contributed by atoms with van der Waals surface area (Å²) in [5.41, 5.74) is 2.92. The van der Waals surface area contributed by atoms with E-state index in [0.29, 0.717) is 24.5 Å². The average Bonchev–Trinajstić information content (AvgIpc) is 2.74. The summed E-state index contributed by atoms with van der Waals surface area (Å²) in [7, 11) is 0. The third kappa shape index (κ3) is 6.34. The number of benzene rings is 2. The second-order valence-electron chi connectivity index (χ2n) is 8.45. The third-order valence-corrected chi connectivity index (χ3v) is 5.47. The van der Waals surface area contributed by atoms with Gasteiger partial charge in [-0.2, -0.15) is 0 Å². The number of amides is 2. The number of aryl methyl sites for hydroxylation is 1. The molecule has 0 bridgehead atoms. The minimum absolute atomic E-state index is 0.0702. The van der Waals surface area contributed by atoms with Crippen LogP contribution in [0.4, 0.5) is 0 Å². The van der Waals surface area contributed by atoms with Crippen LogP contribution in [0.25, 0.3) is 0 Å². The van der Waals surface area contributed by atoms with Crippen molar-refractivity contribution in [1.29, 1.82) is 0 Å². The molecule has 0 unspecified atom stereocenters. The van der Waals surface area contributed by atoms with E-state index in [1.807, 2.05) is 43.0 Å². The normalized spacial score (nSPS) is 14.6. The Labute approximate surface area is 179 Å². The molecule has 3 rings (SSSR count). The van der Waals surface area contributed by atoms with Crippen LogP contribution in [0.3, 0.4) is 0 Å². The van der Waals surface area contributed by atoms with Gasteiger partial charge in [0.2, 0.25) is 5.91 Å². The molecule has 0 spiro atoms. The predicted octanol–water partition coefficient (Wildman–Crippen LogP) is 3.99. The van der Waals surface area contributed by atoms with Crippen molar-refractivity contribution < 1.29 is 14.3 Å². The van der Waals surface area contributed by atoms with Crippen molar-refractivity contribution in [1.82, 2.24) is 10.2 Å². The lowest BCUT2D eigenvalue weighted by Crippen LogP contribution is -2.40. The number of piperidine rings is 1. The van der Waals surface area contributed by atoms with E-state index < -0.39 is 0 Å². The number of rotatable bonds is 7. The Balaban J connectivity index is 1.41. The number of carbonyl (C=O) groups is 2. The first-order valence-corrected chi connectivity index (χ1v) is 10.8. The van der Waals surface area contributed by atoms with Crippen molar-refractivity contribution in [2.24, 2.45) is 5.92 Å². The molecule has 160 valence electrons. The zero-order valence-corrected chi connectivity index (χ0v) is 18.2. The molecule has 2 aromatic rings. The molecule has 0 atom stereocenters. The van der Waals surface area contributed by atoms with Gasteiger partial charge >= 0.3 is 0 Å². The van der Waals surface area contributed by atoms with Crippen LogP contribution in [-0.4, -0.2) is 42.5 Å². The minimum Gasteiger partial charge on any atom is -0.493 e. The molecule has 0 radical (unpaired) electrons. The predicted molar refractivity (Wildman–Crippen MR) is 119 cm³/mol. The maximum Gasteiger partial charge on any atom is 0.251 e. The first-order valence-electron chi connectivity index (χ1n) is 10.8. The Bertz CT molecular complexity index is 836. The second-order valence-corrected chi connectivity index (χ2v) is 8.45. The summed E-state index contributed by atoms with van der Waals surface area (Å²) in [6.45, 7) is 8.14. The molecule has 0 aromatic heterocycles. The average molecular weight is 409 g/mol. The van der Waals surface area contributed by atoms with E-state index >= 15 is 0 Å². The van der Waals surface area contributed by atoms with Crippen molar-refractivity contribution >= 4 is 11.8 Å². The van der Waals surface area contributed by atoms with Crippen molar-refractivity contribution in [3.8, 4) is 5.75 Å². The quantitative estimate of drug-likeness (QED) is 0.754. The molecule has 1 aliphatic heterocycles. The monoisotopic (exact) mass is 408 g/mol. The van der Waals surface area contributed by atoms with Gasteiger partial charge in [0.1, 0.15) is 5.75 Å². The highest BCUT2D eigenvalue weighted by Crippen LogP contribution is 2.21. The highest BCUT2D eigenvalue weighted by atomic mass is 16.5. The molecular weight excluding hydrogens is 376 g/mol. The first kappa shape index (κ1) is 21.9. The second kappa shape index (κ2) is 10.3. The van der Waals surface area contributed by atoms with Crippen LogP contribution in [0, 0.1) is 12.8 Å². The smallest absolute Gasteiger partial charge is 0.251 e.